The molecule has 3 N–H and O–H groups in total. The van der Waals surface area contributed by atoms with E-state index in [2.05, 4.69) is 9.97 Å². The Morgan fingerprint density at radius 1 is 1.24 bits per heavy atom. The van der Waals surface area contributed by atoms with Gasteiger partial charge >= 0.3 is 0 Å². The van der Waals surface area contributed by atoms with Crippen molar-refractivity contribution in [2.24, 2.45) is 5.14 Å². The number of aromatic amines is 1. The van der Waals surface area contributed by atoms with Crippen molar-refractivity contribution < 1.29 is 16.8 Å². The van der Waals surface area contributed by atoms with Crippen LogP contribution in [-0.4, -0.2) is 38.2 Å². The van der Waals surface area contributed by atoms with Crippen LogP contribution in [-0.2, 0) is 26.6 Å². The molecule has 2 rings (SSSR count). The molecule has 0 aliphatic heterocycles. The number of nitrogens with one attached hydrogen (secondary N) is 1. The van der Waals surface area contributed by atoms with Crippen molar-refractivity contribution >= 4 is 20.0 Å². The van der Waals surface area contributed by atoms with Crippen LogP contribution in [0.25, 0.3) is 0 Å². The van der Waals surface area contributed by atoms with Gasteiger partial charge in [0.2, 0.25) is 20.0 Å². The van der Waals surface area contributed by atoms with Crippen LogP contribution in [0.15, 0.2) is 46.5 Å². The second-order valence-corrected chi connectivity index (χ2v) is 7.92. The fourth-order valence-electron chi connectivity index (χ4n) is 1.67. The summed E-state index contributed by atoms with van der Waals surface area (Å²) in [5.41, 5.74) is 0. The Balaban J connectivity index is 2.35. The van der Waals surface area contributed by atoms with Gasteiger partial charge in [-0.05, 0) is 18.2 Å². The zero-order chi connectivity index (χ0) is 15.7. The molecule has 1 heterocycles. The van der Waals surface area contributed by atoms with E-state index in [4.69, 9.17) is 5.14 Å². The Bertz CT molecular complexity index is 829. The molecule has 1 aromatic carbocycles. The number of nitrogens with two attached hydrogens (primary N) is 1. The highest BCUT2D eigenvalue weighted by molar-refractivity contribution is 7.90. The Labute approximate surface area is 122 Å². The van der Waals surface area contributed by atoms with Gasteiger partial charge in [-0.1, -0.05) is 6.07 Å². The molecular formula is C11H14N4O4S2. The Morgan fingerprint density at radius 3 is 2.48 bits per heavy atom. The van der Waals surface area contributed by atoms with Crippen LogP contribution in [0.2, 0.25) is 0 Å². The lowest BCUT2D eigenvalue weighted by atomic mass is 10.4. The Kier molecular flexibility index (Phi) is 4.14. The fraction of sp³-hybridized carbons (Fsp3) is 0.182. The molecule has 0 saturated carbocycles. The van der Waals surface area contributed by atoms with E-state index in [1.54, 1.807) is 6.20 Å². The second-order valence-electron chi connectivity index (χ2n) is 4.32. The highest BCUT2D eigenvalue weighted by Crippen LogP contribution is 2.19. The number of nitrogens with zero attached hydrogens (tertiary/aromatic N) is 2. The normalized spacial score (nSPS) is 12.7. The van der Waals surface area contributed by atoms with Crippen LogP contribution in [0.4, 0.5) is 0 Å². The van der Waals surface area contributed by atoms with E-state index in [0.29, 0.717) is 5.82 Å². The molecule has 0 fully saturated rings. The molecule has 0 atom stereocenters. The molecule has 114 valence electrons. The molecule has 8 nitrogen and oxygen atoms in total. The number of imidazole rings is 1. The number of aromatic nitrogens is 2. The lowest BCUT2D eigenvalue weighted by molar-refractivity contribution is 0.458. The first-order valence-corrected chi connectivity index (χ1v) is 8.77. The number of primary sulfonamides is 1. The minimum atomic E-state index is -3.96. The van der Waals surface area contributed by atoms with E-state index in [1.807, 2.05) is 0 Å². The summed E-state index contributed by atoms with van der Waals surface area (Å²) in [6.45, 7) is 0.0366. The molecule has 1 aromatic heterocycles. The first-order valence-electron chi connectivity index (χ1n) is 5.79. The summed E-state index contributed by atoms with van der Waals surface area (Å²) < 4.78 is 48.4. The molecule has 0 aliphatic carbocycles. The van der Waals surface area contributed by atoms with Crippen molar-refractivity contribution in [2.75, 3.05) is 7.05 Å². The number of sulfonamides is 2. The van der Waals surface area contributed by atoms with Crippen LogP contribution < -0.4 is 5.14 Å². The van der Waals surface area contributed by atoms with E-state index in [0.717, 1.165) is 10.4 Å². The third-order valence-corrected chi connectivity index (χ3v) is 5.48. The minimum Gasteiger partial charge on any atom is -0.347 e. The summed E-state index contributed by atoms with van der Waals surface area (Å²) in [6, 6.07) is 4.90. The summed E-state index contributed by atoms with van der Waals surface area (Å²) >= 11 is 0. The molecule has 10 heteroatoms. The predicted molar refractivity (Wildman–Crippen MR) is 75.1 cm³/mol. The highest BCUT2D eigenvalue weighted by Gasteiger charge is 2.23. The maximum atomic E-state index is 12.4. The number of benzene rings is 1. The van der Waals surface area contributed by atoms with Crippen LogP contribution in [0, 0.1) is 0 Å². The van der Waals surface area contributed by atoms with Gasteiger partial charge < -0.3 is 4.98 Å². The smallest absolute Gasteiger partial charge is 0.243 e. The van der Waals surface area contributed by atoms with Crippen LogP contribution in [0.5, 0.6) is 0 Å². The Hall–Kier alpha value is -1.75. The third-order valence-electron chi connectivity index (χ3n) is 2.77. The van der Waals surface area contributed by atoms with Crippen LogP contribution >= 0.6 is 0 Å². The largest absolute Gasteiger partial charge is 0.347 e. The number of H-pyrrole nitrogens is 1. The number of hydrogen-bond acceptors (Lipinski definition) is 5. The van der Waals surface area contributed by atoms with Crippen LogP contribution in [0.1, 0.15) is 5.82 Å². The summed E-state index contributed by atoms with van der Waals surface area (Å²) in [5.74, 6) is 0.476. The zero-order valence-electron chi connectivity index (χ0n) is 11.1. The van der Waals surface area contributed by atoms with Gasteiger partial charge in [0.05, 0.1) is 16.3 Å². The maximum Gasteiger partial charge on any atom is 0.243 e. The van der Waals surface area contributed by atoms with Crippen molar-refractivity contribution in [3.8, 4) is 0 Å². The topological polar surface area (TPSA) is 126 Å². The first-order chi connectivity index (χ1) is 9.71. The van der Waals surface area contributed by atoms with Gasteiger partial charge in [0.15, 0.2) is 0 Å². The van der Waals surface area contributed by atoms with Crippen molar-refractivity contribution in [3.05, 3.63) is 42.5 Å². The van der Waals surface area contributed by atoms with Crippen molar-refractivity contribution in [3.63, 3.8) is 0 Å². The molecule has 0 saturated heterocycles. The molecule has 21 heavy (non-hydrogen) atoms. The molecule has 0 unspecified atom stereocenters. The monoisotopic (exact) mass is 330 g/mol. The molecule has 0 amide bonds. The molecule has 0 radical (unpaired) electrons. The molecular weight excluding hydrogens is 316 g/mol. The van der Waals surface area contributed by atoms with Gasteiger partial charge in [-0.25, -0.2) is 27.0 Å². The van der Waals surface area contributed by atoms with Gasteiger partial charge in [0, 0.05) is 19.4 Å². The summed E-state index contributed by atoms with van der Waals surface area (Å²) in [4.78, 5) is 6.33. The van der Waals surface area contributed by atoms with Gasteiger partial charge in [-0.3, -0.25) is 0 Å². The lowest BCUT2D eigenvalue weighted by Gasteiger charge is -2.16. The quantitative estimate of drug-likeness (QED) is 0.790. The van der Waals surface area contributed by atoms with Crippen molar-refractivity contribution in [1.29, 1.82) is 0 Å². The second kappa shape index (κ2) is 5.56. The average molecular weight is 330 g/mol. The van der Waals surface area contributed by atoms with E-state index in [1.165, 1.54) is 31.4 Å². The molecule has 0 spiro atoms. The average Bonchev–Trinajstić information content (AvgIpc) is 2.90. The first kappa shape index (κ1) is 15.6. The van der Waals surface area contributed by atoms with E-state index < -0.39 is 20.0 Å². The third kappa shape index (κ3) is 3.47. The fourth-order valence-corrected chi connectivity index (χ4v) is 3.48. The van der Waals surface area contributed by atoms with Gasteiger partial charge in [-0.2, -0.15) is 4.31 Å². The standard InChI is InChI=1S/C11H14N4O4S2/c1-15(8-11-13-5-6-14-11)21(18,19)10-4-2-3-9(7-10)20(12,16)17/h2-7H,8H2,1H3,(H,13,14)(H2,12,16,17). The summed E-state index contributed by atoms with van der Waals surface area (Å²) in [5, 5.41) is 5.00. The lowest BCUT2D eigenvalue weighted by Crippen LogP contribution is -2.27. The number of hydrogen-bond donors (Lipinski definition) is 2. The predicted octanol–water partition coefficient (Wildman–Crippen LogP) is -0.122. The van der Waals surface area contributed by atoms with Crippen molar-refractivity contribution in [2.45, 2.75) is 16.3 Å². The van der Waals surface area contributed by atoms with E-state index >= 15 is 0 Å². The summed E-state index contributed by atoms with van der Waals surface area (Å²) in [6.07, 6.45) is 3.09. The molecule has 0 aliphatic rings. The highest BCUT2D eigenvalue weighted by atomic mass is 32.2. The van der Waals surface area contributed by atoms with Crippen molar-refractivity contribution in [1.82, 2.24) is 14.3 Å². The van der Waals surface area contributed by atoms with Gasteiger partial charge in [0.25, 0.3) is 0 Å². The van der Waals surface area contributed by atoms with Gasteiger partial charge in [-0.15, -0.1) is 0 Å². The SMILES string of the molecule is CN(Cc1ncc[nH]1)S(=O)(=O)c1cccc(S(N)(=O)=O)c1. The van der Waals surface area contributed by atoms with E-state index in [-0.39, 0.29) is 16.3 Å². The maximum absolute atomic E-state index is 12.4. The molecule has 0 bridgehead atoms. The molecule has 2 aromatic rings. The summed E-state index contributed by atoms with van der Waals surface area (Å²) in [7, 11) is -6.43. The van der Waals surface area contributed by atoms with Gasteiger partial charge in [0.1, 0.15) is 5.82 Å². The zero-order valence-corrected chi connectivity index (χ0v) is 12.7. The Morgan fingerprint density at radius 2 is 1.90 bits per heavy atom. The van der Waals surface area contributed by atoms with Crippen LogP contribution in [0.3, 0.4) is 0 Å². The van der Waals surface area contributed by atoms with E-state index in [9.17, 15) is 16.8 Å². The minimum absolute atomic E-state index is 0.0366. The number of rotatable bonds is 5.